The van der Waals surface area contributed by atoms with Crippen LogP contribution in [0, 0.1) is 0 Å². The van der Waals surface area contributed by atoms with Crippen LogP contribution in [0.25, 0.3) is 0 Å². The van der Waals surface area contributed by atoms with E-state index in [0.717, 1.165) is 31.2 Å². The second-order valence-electron chi connectivity index (χ2n) is 8.44. The van der Waals surface area contributed by atoms with Crippen LogP contribution in [0.5, 0.6) is 0 Å². The lowest BCUT2D eigenvalue weighted by Gasteiger charge is -2.32. The van der Waals surface area contributed by atoms with E-state index in [4.69, 9.17) is 4.74 Å². The average molecular weight is 345 g/mol. The topological polar surface area (TPSA) is 58.6 Å². The first-order valence-corrected chi connectivity index (χ1v) is 9.61. The van der Waals surface area contributed by atoms with Gasteiger partial charge in [-0.05, 0) is 63.6 Å². The van der Waals surface area contributed by atoms with Gasteiger partial charge in [-0.15, -0.1) is 0 Å². The highest BCUT2D eigenvalue weighted by Crippen LogP contribution is 2.39. The summed E-state index contributed by atoms with van der Waals surface area (Å²) in [7, 11) is 0. The van der Waals surface area contributed by atoms with Crippen molar-refractivity contribution in [3.63, 3.8) is 0 Å². The summed E-state index contributed by atoms with van der Waals surface area (Å²) in [6.07, 6.45) is 8.43. The van der Waals surface area contributed by atoms with E-state index in [1.165, 1.54) is 19.3 Å². The van der Waals surface area contributed by atoms with Gasteiger partial charge in [-0.1, -0.05) is 31.4 Å². The number of hydrogen-bond acceptors (Lipinski definition) is 3. The van der Waals surface area contributed by atoms with E-state index < -0.39 is 5.60 Å². The lowest BCUT2D eigenvalue weighted by Crippen LogP contribution is -2.37. The number of carbonyl (C=O) groups is 1. The van der Waals surface area contributed by atoms with E-state index >= 15 is 0 Å². The van der Waals surface area contributed by atoms with Crippen LogP contribution in [-0.2, 0) is 11.2 Å². The highest BCUT2D eigenvalue weighted by molar-refractivity contribution is 5.94. The number of nitrogens with one attached hydrogen (secondary N) is 1. The maximum atomic E-state index is 12.6. The fourth-order valence-electron chi connectivity index (χ4n) is 4.07. The Hall–Kier alpha value is -1.39. The van der Waals surface area contributed by atoms with Crippen LogP contribution < -0.4 is 5.32 Å². The Morgan fingerprint density at radius 2 is 2.08 bits per heavy atom. The Morgan fingerprint density at radius 3 is 2.80 bits per heavy atom. The molecule has 1 aliphatic heterocycles. The zero-order chi connectivity index (χ0) is 17.9. The summed E-state index contributed by atoms with van der Waals surface area (Å²) in [5.41, 5.74) is 1.11. The van der Waals surface area contributed by atoms with Gasteiger partial charge in [0.2, 0.25) is 0 Å². The summed E-state index contributed by atoms with van der Waals surface area (Å²) in [6.45, 7) is 4.25. The summed E-state index contributed by atoms with van der Waals surface area (Å²) in [5.74, 6) is -0.0217. The second-order valence-corrected chi connectivity index (χ2v) is 8.44. The molecular weight excluding hydrogens is 314 g/mol. The van der Waals surface area contributed by atoms with Crippen molar-refractivity contribution in [2.75, 3.05) is 6.61 Å². The molecule has 3 rings (SSSR count). The van der Waals surface area contributed by atoms with E-state index in [2.05, 4.69) is 5.32 Å². The van der Waals surface area contributed by atoms with Gasteiger partial charge < -0.3 is 15.2 Å². The van der Waals surface area contributed by atoms with Crippen molar-refractivity contribution in [1.29, 1.82) is 0 Å². The van der Waals surface area contributed by atoms with Crippen LogP contribution in [0.4, 0.5) is 0 Å². The Kier molecular flexibility index (Phi) is 5.49. The molecule has 2 aliphatic rings. The summed E-state index contributed by atoms with van der Waals surface area (Å²) in [6, 6.07) is 7.84. The van der Waals surface area contributed by atoms with Gasteiger partial charge in [-0.25, -0.2) is 0 Å². The van der Waals surface area contributed by atoms with Crippen LogP contribution in [0.1, 0.15) is 74.7 Å². The summed E-state index contributed by atoms with van der Waals surface area (Å²) in [5, 5.41) is 13.0. The zero-order valence-electron chi connectivity index (χ0n) is 15.5. The van der Waals surface area contributed by atoms with Crippen LogP contribution in [-0.4, -0.2) is 34.9 Å². The highest BCUT2D eigenvalue weighted by atomic mass is 16.5. The van der Waals surface area contributed by atoms with Crippen LogP contribution >= 0.6 is 0 Å². The summed E-state index contributed by atoms with van der Waals surface area (Å²) >= 11 is 0. The molecule has 1 aliphatic carbocycles. The van der Waals surface area contributed by atoms with Crippen LogP contribution in [0.3, 0.4) is 0 Å². The van der Waals surface area contributed by atoms with Crippen molar-refractivity contribution in [1.82, 2.24) is 5.32 Å². The largest absolute Gasteiger partial charge is 0.390 e. The van der Waals surface area contributed by atoms with Gasteiger partial charge in [0.05, 0.1) is 23.9 Å². The molecule has 138 valence electrons. The lowest BCUT2D eigenvalue weighted by molar-refractivity contribution is -0.0246. The third-order valence-electron chi connectivity index (χ3n) is 5.52. The predicted octanol–water partition coefficient (Wildman–Crippen LogP) is 3.61. The van der Waals surface area contributed by atoms with Gasteiger partial charge in [0.15, 0.2) is 0 Å². The van der Waals surface area contributed by atoms with Crippen molar-refractivity contribution in [2.24, 2.45) is 0 Å². The van der Waals surface area contributed by atoms with Crippen LogP contribution in [0.15, 0.2) is 24.3 Å². The minimum Gasteiger partial charge on any atom is -0.390 e. The second kappa shape index (κ2) is 7.46. The van der Waals surface area contributed by atoms with E-state index in [0.29, 0.717) is 18.6 Å². The molecule has 4 nitrogen and oxygen atoms in total. The maximum Gasteiger partial charge on any atom is 0.251 e. The number of hydrogen-bond donors (Lipinski definition) is 2. The minimum absolute atomic E-state index is 0.0186. The number of aryl methyl sites for hydroxylation is 1. The maximum absolute atomic E-state index is 12.6. The van der Waals surface area contributed by atoms with Crippen LogP contribution in [0.2, 0.25) is 0 Å². The standard InChI is InChI=1S/C21H31NO3/c1-20(2,24)12-9-16-7-6-8-17(13-16)19(23)22-18-14-21(25-15-18)10-4-3-5-11-21/h6-8,13,18,24H,3-5,9-12,14-15H2,1-2H3,(H,22,23)/t18-/m1/s1. The number of aliphatic hydroxyl groups is 1. The first kappa shape index (κ1) is 18.4. The molecule has 2 fully saturated rings. The Morgan fingerprint density at radius 1 is 1.32 bits per heavy atom. The van der Waals surface area contributed by atoms with Crippen molar-refractivity contribution < 1.29 is 14.6 Å². The number of rotatable bonds is 5. The van der Waals surface area contributed by atoms with Crippen molar-refractivity contribution >= 4 is 5.91 Å². The first-order chi connectivity index (χ1) is 11.9. The Labute approximate surface area is 151 Å². The normalized spacial score (nSPS) is 22.9. The van der Waals surface area contributed by atoms with Gasteiger partial charge in [0, 0.05) is 5.56 Å². The molecule has 1 heterocycles. The van der Waals surface area contributed by atoms with Crippen molar-refractivity contribution in [3.8, 4) is 0 Å². The summed E-state index contributed by atoms with van der Waals surface area (Å²) in [4.78, 5) is 12.6. The van der Waals surface area contributed by atoms with Gasteiger partial charge in [0.1, 0.15) is 0 Å². The molecular formula is C21H31NO3. The Balaban J connectivity index is 1.56. The van der Waals surface area contributed by atoms with E-state index in [1.54, 1.807) is 0 Å². The number of amides is 1. The molecule has 1 aromatic rings. The smallest absolute Gasteiger partial charge is 0.251 e. The van der Waals surface area contributed by atoms with Gasteiger partial charge in [-0.3, -0.25) is 4.79 Å². The zero-order valence-corrected chi connectivity index (χ0v) is 15.5. The average Bonchev–Trinajstić information content (AvgIpc) is 2.95. The Bertz CT molecular complexity index is 599. The molecule has 2 N–H and O–H groups in total. The predicted molar refractivity (Wildman–Crippen MR) is 98.7 cm³/mol. The number of carbonyl (C=O) groups excluding carboxylic acids is 1. The molecule has 0 aromatic heterocycles. The fraction of sp³-hybridized carbons (Fsp3) is 0.667. The molecule has 0 bridgehead atoms. The number of benzene rings is 1. The van der Waals surface area contributed by atoms with Gasteiger partial charge >= 0.3 is 0 Å². The van der Waals surface area contributed by atoms with E-state index in [1.807, 2.05) is 38.1 Å². The van der Waals surface area contributed by atoms with Gasteiger partial charge in [-0.2, -0.15) is 0 Å². The molecule has 1 aromatic carbocycles. The fourth-order valence-corrected chi connectivity index (χ4v) is 4.07. The lowest BCUT2D eigenvalue weighted by atomic mass is 9.82. The van der Waals surface area contributed by atoms with Crippen molar-refractivity contribution in [3.05, 3.63) is 35.4 Å². The molecule has 0 unspecified atom stereocenters. The molecule has 4 heteroatoms. The van der Waals surface area contributed by atoms with E-state index in [9.17, 15) is 9.90 Å². The SMILES string of the molecule is CC(C)(O)CCc1cccc(C(=O)N[C@H]2COC3(CCCCC3)C2)c1. The van der Waals surface area contributed by atoms with E-state index in [-0.39, 0.29) is 17.6 Å². The minimum atomic E-state index is -0.687. The van der Waals surface area contributed by atoms with Crippen molar-refractivity contribution in [2.45, 2.75) is 82.5 Å². The third-order valence-corrected chi connectivity index (χ3v) is 5.52. The molecule has 1 spiro atoms. The number of ether oxygens (including phenoxy) is 1. The third kappa shape index (κ3) is 5.05. The quantitative estimate of drug-likeness (QED) is 0.857. The molecule has 1 amide bonds. The first-order valence-electron chi connectivity index (χ1n) is 9.61. The highest BCUT2D eigenvalue weighted by Gasteiger charge is 2.41. The molecule has 1 saturated carbocycles. The molecule has 1 atom stereocenters. The molecule has 1 saturated heterocycles. The monoisotopic (exact) mass is 345 g/mol. The summed E-state index contributed by atoms with van der Waals surface area (Å²) < 4.78 is 6.09. The molecule has 0 radical (unpaired) electrons. The molecule has 25 heavy (non-hydrogen) atoms. The van der Waals surface area contributed by atoms with Gasteiger partial charge in [0.25, 0.3) is 5.91 Å².